The van der Waals surface area contributed by atoms with Crippen LogP contribution in [0.3, 0.4) is 0 Å². The number of hydrogen-bond acceptors (Lipinski definition) is 5. The van der Waals surface area contributed by atoms with Gasteiger partial charge in [-0.1, -0.05) is 6.07 Å². The molecule has 3 N–H and O–H groups in total. The summed E-state index contributed by atoms with van der Waals surface area (Å²) in [6.07, 6.45) is 0.553. The van der Waals surface area contributed by atoms with Crippen molar-refractivity contribution in [3.05, 3.63) is 24.3 Å². The molecule has 1 fully saturated rings. The summed E-state index contributed by atoms with van der Waals surface area (Å²) in [4.78, 5) is 23.8. The Labute approximate surface area is 140 Å². The molecule has 0 unspecified atom stereocenters. The number of aliphatic hydroxyl groups is 1. The lowest BCUT2D eigenvalue weighted by molar-refractivity contribution is -0.137. The Kier molecular flexibility index (Phi) is 5.14. The van der Waals surface area contributed by atoms with Crippen LogP contribution < -0.4 is 14.9 Å². The maximum atomic E-state index is 11.9. The molecule has 2 rings (SSSR count). The third-order valence-electron chi connectivity index (χ3n) is 3.54. The summed E-state index contributed by atoms with van der Waals surface area (Å²) in [6.45, 7) is 3.24. The van der Waals surface area contributed by atoms with Gasteiger partial charge in [0.1, 0.15) is 0 Å². The number of benzene rings is 1. The number of carbonyl (C=O) groups excluding carboxylic acids is 2. The van der Waals surface area contributed by atoms with Crippen LogP contribution in [0, 0.1) is 0 Å². The molecule has 9 heteroatoms. The number of amides is 2. The predicted molar refractivity (Wildman–Crippen MR) is 90.1 cm³/mol. The van der Waals surface area contributed by atoms with Gasteiger partial charge in [0.2, 0.25) is 10.0 Å². The molecule has 1 aliphatic rings. The van der Waals surface area contributed by atoms with E-state index in [0.29, 0.717) is 24.3 Å². The standard InChI is InChI=1S/C15H21N3O5S/c1-15(2,10-19)17-14(21)13(20)16-11-5-3-6-12(9-11)18-7-4-8-24(18,22)23/h3,5-6,9,19H,4,7-8,10H2,1-2H3,(H,16,20)(H,17,21). The Bertz CT molecular complexity index is 745. The highest BCUT2D eigenvalue weighted by Crippen LogP contribution is 2.26. The number of sulfonamides is 1. The second kappa shape index (κ2) is 6.78. The lowest BCUT2D eigenvalue weighted by atomic mass is 10.1. The quantitative estimate of drug-likeness (QED) is 0.660. The van der Waals surface area contributed by atoms with E-state index in [1.54, 1.807) is 32.0 Å². The Hall–Kier alpha value is -2.13. The summed E-state index contributed by atoms with van der Waals surface area (Å²) in [5.74, 6) is -1.67. The predicted octanol–water partition coefficient (Wildman–Crippen LogP) is 0.0521. The van der Waals surface area contributed by atoms with E-state index in [9.17, 15) is 18.0 Å². The zero-order chi connectivity index (χ0) is 18.0. The number of anilines is 2. The van der Waals surface area contributed by atoms with Gasteiger partial charge in [0, 0.05) is 12.2 Å². The van der Waals surface area contributed by atoms with Crippen LogP contribution in [0.1, 0.15) is 20.3 Å². The van der Waals surface area contributed by atoms with Gasteiger partial charge >= 0.3 is 11.8 Å². The molecule has 0 saturated carbocycles. The van der Waals surface area contributed by atoms with Crippen molar-refractivity contribution in [1.29, 1.82) is 0 Å². The summed E-state index contributed by atoms with van der Waals surface area (Å²) in [5.41, 5.74) is -0.155. The van der Waals surface area contributed by atoms with E-state index >= 15 is 0 Å². The average Bonchev–Trinajstić information content (AvgIpc) is 2.86. The van der Waals surface area contributed by atoms with Gasteiger partial charge in [-0.15, -0.1) is 0 Å². The normalized spacial score (nSPS) is 16.7. The van der Waals surface area contributed by atoms with Crippen LogP contribution in [0.2, 0.25) is 0 Å². The van der Waals surface area contributed by atoms with Gasteiger partial charge in [0.25, 0.3) is 0 Å². The summed E-state index contributed by atoms with van der Waals surface area (Å²) in [5, 5.41) is 13.9. The average molecular weight is 355 g/mol. The maximum Gasteiger partial charge on any atom is 0.313 e. The lowest BCUT2D eigenvalue weighted by Gasteiger charge is -2.23. The zero-order valence-electron chi connectivity index (χ0n) is 13.6. The first-order valence-electron chi connectivity index (χ1n) is 7.49. The zero-order valence-corrected chi connectivity index (χ0v) is 14.4. The summed E-state index contributed by atoms with van der Waals surface area (Å²) in [6, 6.07) is 6.31. The molecule has 1 heterocycles. The molecule has 0 radical (unpaired) electrons. The first-order valence-corrected chi connectivity index (χ1v) is 9.10. The smallest absolute Gasteiger partial charge is 0.313 e. The lowest BCUT2D eigenvalue weighted by Crippen LogP contribution is -2.50. The minimum absolute atomic E-state index is 0.0994. The summed E-state index contributed by atoms with van der Waals surface area (Å²) >= 11 is 0. The van der Waals surface area contributed by atoms with Gasteiger partial charge < -0.3 is 15.7 Å². The Morgan fingerprint density at radius 1 is 1.29 bits per heavy atom. The van der Waals surface area contributed by atoms with E-state index in [2.05, 4.69) is 10.6 Å². The summed E-state index contributed by atoms with van der Waals surface area (Å²) in [7, 11) is -3.32. The molecule has 0 aliphatic carbocycles. The van der Waals surface area contributed by atoms with Crippen molar-refractivity contribution < 1.29 is 23.1 Å². The number of aliphatic hydroxyl groups excluding tert-OH is 1. The van der Waals surface area contributed by atoms with E-state index in [1.807, 2.05) is 0 Å². The van der Waals surface area contributed by atoms with Gasteiger partial charge in [-0.3, -0.25) is 13.9 Å². The molecule has 0 bridgehead atoms. The van der Waals surface area contributed by atoms with Crippen LogP contribution in [-0.2, 0) is 19.6 Å². The number of nitrogens with one attached hydrogen (secondary N) is 2. The third kappa shape index (κ3) is 4.24. The van der Waals surface area contributed by atoms with Crippen LogP contribution in [-0.4, -0.2) is 49.8 Å². The number of hydrogen-bond donors (Lipinski definition) is 3. The van der Waals surface area contributed by atoms with E-state index < -0.39 is 27.4 Å². The van der Waals surface area contributed by atoms with Crippen molar-refractivity contribution in [2.75, 3.05) is 28.5 Å². The first kappa shape index (κ1) is 18.2. The minimum atomic E-state index is -3.32. The van der Waals surface area contributed by atoms with Crippen molar-refractivity contribution in [3.63, 3.8) is 0 Å². The van der Waals surface area contributed by atoms with Crippen molar-refractivity contribution in [1.82, 2.24) is 5.32 Å². The summed E-state index contributed by atoms with van der Waals surface area (Å²) < 4.78 is 25.2. The van der Waals surface area contributed by atoms with Gasteiger partial charge in [0.15, 0.2) is 0 Å². The van der Waals surface area contributed by atoms with Gasteiger partial charge in [-0.2, -0.15) is 0 Å². The molecular formula is C15H21N3O5S. The molecule has 0 aromatic heterocycles. The molecule has 2 amide bonds. The topological polar surface area (TPSA) is 116 Å². The second-order valence-electron chi connectivity index (χ2n) is 6.24. The van der Waals surface area contributed by atoms with Gasteiger partial charge in [0.05, 0.1) is 23.6 Å². The molecule has 0 spiro atoms. The van der Waals surface area contributed by atoms with Crippen molar-refractivity contribution >= 4 is 33.2 Å². The SMILES string of the molecule is CC(C)(CO)NC(=O)C(=O)Nc1cccc(N2CCCS2(=O)=O)c1. The molecule has 1 aliphatic heterocycles. The molecule has 8 nitrogen and oxygen atoms in total. The Balaban J connectivity index is 2.10. The maximum absolute atomic E-state index is 11.9. The fourth-order valence-electron chi connectivity index (χ4n) is 2.26. The van der Waals surface area contributed by atoms with E-state index in [-0.39, 0.29) is 12.4 Å². The number of rotatable bonds is 4. The number of carbonyl (C=O) groups is 2. The van der Waals surface area contributed by atoms with Crippen LogP contribution in [0.4, 0.5) is 11.4 Å². The number of nitrogens with zero attached hydrogens (tertiary/aromatic N) is 1. The highest BCUT2D eigenvalue weighted by atomic mass is 32.2. The molecule has 24 heavy (non-hydrogen) atoms. The van der Waals surface area contributed by atoms with Crippen molar-refractivity contribution in [3.8, 4) is 0 Å². The largest absolute Gasteiger partial charge is 0.394 e. The van der Waals surface area contributed by atoms with E-state index in [4.69, 9.17) is 5.11 Å². The van der Waals surface area contributed by atoms with Gasteiger partial charge in [-0.05, 0) is 38.5 Å². The van der Waals surface area contributed by atoms with Gasteiger partial charge in [-0.25, -0.2) is 8.42 Å². The van der Waals surface area contributed by atoms with Crippen molar-refractivity contribution in [2.24, 2.45) is 0 Å². The highest BCUT2D eigenvalue weighted by molar-refractivity contribution is 7.93. The first-order chi connectivity index (χ1) is 11.1. The van der Waals surface area contributed by atoms with E-state index in [1.165, 1.54) is 10.4 Å². The van der Waals surface area contributed by atoms with Crippen LogP contribution in [0.25, 0.3) is 0 Å². The van der Waals surface area contributed by atoms with Crippen LogP contribution in [0.15, 0.2) is 24.3 Å². The van der Waals surface area contributed by atoms with Crippen LogP contribution >= 0.6 is 0 Å². The van der Waals surface area contributed by atoms with E-state index in [0.717, 1.165) is 0 Å². The fourth-order valence-corrected chi connectivity index (χ4v) is 3.82. The monoisotopic (exact) mass is 355 g/mol. The second-order valence-corrected chi connectivity index (χ2v) is 8.26. The Morgan fingerprint density at radius 2 is 2.00 bits per heavy atom. The molecular weight excluding hydrogens is 334 g/mol. The molecule has 132 valence electrons. The van der Waals surface area contributed by atoms with Crippen molar-refractivity contribution in [2.45, 2.75) is 25.8 Å². The molecule has 1 aromatic rings. The molecule has 1 saturated heterocycles. The molecule has 0 atom stereocenters. The fraction of sp³-hybridized carbons (Fsp3) is 0.467. The highest BCUT2D eigenvalue weighted by Gasteiger charge is 2.29. The molecule has 1 aromatic carbocycles. The minimum Gasteiger partial charge on any atom is -0.394 e. The third-order valence-corrected chi connectivity index (χ3v) is 5.41. The Morgan fingerprint density at radius 3 is 2.58 bits per heavy atom. The van der Waals surface area contributed by atoms with Crippen LogP contribution in [0.5, 0.6) is 0 Å².